The summed E-state index contributed by atoms with van der Waals surface area (Å²) in [4.78, 5) is 77.3. The summed E-state index contributed by atoms with van der Waals surface area (Å²) in [6.45, 7) is 3.82. The Morgan fingerprint density at radius 3 is 1.56 bits per heavy atom. The molecule has 0 bridgehead atoms. The van der Waals surface area contributed by atoms with Crippen molar-refractivity contribution in [3.05, 3.63) is 0 Å². The Morgan fingerprint density at radius 1 is 0.780 bits per heavy atom. The molecule has 0 fully saturated rings. The first-order valence-corrected chi connectivity index (χ1v) is 12.2. The largest absolute Gasteiger partial charge is 1.00 e. The maximum absolute atomic E-state index is 11.9. The van der Waals surface area contributed by atoms with Gasteiger partial charge in [0, 0.05) is 19.3 Å². The monoisotopic (exact) mass is 600 g/mol. The zero-order valence-electron chi connectivity index (χ0n) is 24.3. The molecule has 41 heavy (non-hydrogen) atoms. The average Bonchev–Trinajstić information content (AvgIpc) is 2.88. The van der Waals surface area contributed by atoms with E-state index in [4.69, 9.17) is 16.6 Å². The normalized spacial score (nSPS) is 12.7. The molecule has 15 nitrogen and oxygen atoms in total. The van der Waals surface area contributed by atoms with Crippen molar-refractivity contribution < 1.29 is 103 Å². The van der Waals surface area contributed by atoms with Gasteiger partial charge in [0.25, 0.3) is 0 Å². The Morgan fingerprint density at radius 2 is 1.20 bits per heavy atom. The van der Waals surface area contributed by atoms with E-state index >= 15 is 0 Å². The van der Waals surface area contributed by atoms with Crippen molar-refractivity contribution in [3.63, 3.8) is 0 Å². The van der Waals surface area contributed by atoms with Crippen LogP contribution in [0.1, 0.15) is 58.8 Å². The molecular weight excluding hydrogens is 562 g/mol. The van der Waals surface area contributed by atoms with Crippen LogP contribution in [-0.4, -0.2) is 85.2 Å². The van der Waals surface area contributed by atoms with Crippen LogP contribution in [-0.2, 0) is 33.6 Å². The van der Waals surface area contributed by atoms with Crippen LogP contribution < -0.4 is 91.0 Å². The second-order valence-corrected chi connectivity index (χ2v) is 8.88. The van der Waals surface area contributed by atoms with E-state index in [0.29, 0.717) is 25.1 Å². The number of rotatable bonds is 20. The maximum Gasteiger partial charge on any atom is 1.00 e. The topological polar surface area (TPSA) is 275 Å². The van der Waals surface area contributed by atoms with Crippen LogP contribution in [0.25, 0.3) is 0 Å². The van der Waals surface area contributed by atoms with Crippen molar-refractivity contribution in [1.29, 1.82) is 10.8 Å². The number of aldehydes is 1. The number of hydrogen-bond donors (Lipinski definition) is 6. The van der Waals surface area contributed by atoms with Gasteiger partial charge in [0.1, 0.15) is 6.29 Å². The van der Waals surface area contributed by atoms with Gasteiger partial charge in [-0.2, -0.15) is 0 Å². The SMILES string of the molecule is CC(C)CC(N)C(=O)NC(CCC=O)C(=O)[O-].CNC(CCC(=O)C=N)C(=O)NC(CCC(=O)C=N)C(=O)[O-].[Na+].[Na+]. The van der Waals surface area contributed by atoms with Gasteiger partial charge in [-0.25, -0.2) is 0 Å². The number of nitrogens with two attached hydrogens (primary N) is 1. The number of nitrogens with one attached hydrogen (secondary N) is 5. The molecule has 0 aromatic heterocycles. The summed E-state index contributed by atoms with van der Waals surface area (Å²) < 4.78 is 0. The third-order valence-corrected chi connectivity index (χ3v) is 5.18. The van der Waals surface area contributed by atoms with E-state index in [1.165, 1.54) is 7.05 Å². The minimum Gasteiger partial charge on any atom is -0.548 e. The molecule has 0 aromatic rings. The fourth-order valence-corrected chi connectivity index (χ4v) is 3.02. The van der Waals surface area contributed by atoms with Crippen molar-refractivity contribution >= 4 is 54.0 Å². The van der Waals surface area contributed by atoms with E-state index in [1.54, 1.807) is 0 Å². The van der Waals surface area contributed by atoms with Crippen molar-refractivity contribution in [3.8, 4) is 0 Å². The average molecular weight is 601 g/mol. The molecule has 0 radical (unpaired) electrons. The summed E-state index contributed by atoms with van der Waals surface area (Å²) in [6, 6.07) is -4.06. The Bertz CT molecular complexity index is 890. The van der Waals surface area contributed by atoms with Gasteiger partial charge in [-0.05, 0) is 38.6 Å². The van der Waals surface area contributed by atoms with Gasteiger partial charge in [-0.15, -0.1) is 0 Å². The van der Waals surface area contributed by atoms with Crippen LogP contribution in [0.15, 0.2) is 0 Å². The van der Waals surface area contributed by atoms with E-state index in [2.05, 4.69) is 16.0 Å². The van der Waals surface area contributed by atoms with Crippen LogP contribution in [0, 0.1) is 16.7 Å². The van der Waals surface area contributed by atoms with Gasteiger partial charge in [-0.1, -0.05) is 13.8 Å². The van der Waals surface area contributed by atoms with Gasteiger partial charge in [0.2, 0.25) is 11.8 Å². The van der Waals surface area contributed by atoms with E-state index in [-0.39, 0.29) is 104 Å². The van der Waals surface area contributed by atoms with E-state index in [1.807, 2.05) is 13.8 Å². The molecule has 0 aliphatic heterocycles. The number of carboxylic acid groups (broad SMARTS) is 2. The van der Waals surface area contributed by atoms with Gasteiger partial charge < -0.3 is 57.1 Å². The zero-order chi connectivity index (χ0) is 30.5. The second kappa shape index (κ2) is 27.0. The molecule has 0 heterocycles. The van der Waals surface area contributed by atoms with Crippen LogP contribution in [0.4, 0.5) is 0 Å². The fourth-order valence-electron chi connectivity index (χ4n) is 3.02. The number of carboxylic acids is 2. The molecule has 17 heteroatoms. The van der Waals surface area contributed by atoms with Gasteiger partial charge in [0.15, 0.2) is 11.6 Å². The molecule has 0 rings (SSSR count). The fraction of sp³-hybridized carbons (Fsp3) is 0.625. The third kappa shape index (κ3) is 23.4. The molecule has 0 saturated carbocycles. The molecule has 4 atom stereocenters. The molecule has 2 amide bonds. The van der Waals surface area contributed by atoms with Gasteiger partial charge in [0.05, 0.1) is 48.5 Å². The first-order valence-electron chi connectivity index (χ1n) is 12.2. The number of ketones is 2. The number of Topliss-reactive ketones (excluding diaryl/α,β-unsaturated/α-hetero) is 2. The number of likely N-dealkylation sites (N-methyl/N-ethyl adjacent to an activating group) is 1. The molecule has 220 valence electrons. The first kappa shape index (κ1) is 46.1. The number of carbonyl (C=O) groups excluding carboxylic acids is 7. The summed E-state index contributed by atoms with van der Waals surface area (Å²) in [5.74, 6) is -4.86. The predicted octanol–water partition coefficient (Wildman–Crippen LogP) is -9.61. The molecule has 4 unspecified atom stereocenters. The predicted molar refractivity (Wildman–Crippen MR) is 136 cm³/mol. The first-order chi connectivity index (χ1) is 18.2. The Kier molecular flexibility index (Phi) is 30.4. The van der Waals surface area contributed by atoms with Crippen molar-refractivity contribution in [2.75, 3.05) is 7.05 Å². The summed E-state index contributed by atoms with van der Waals surface area (Å²) in [6.07, 6.45) is 2.07. The number of hydrogen-bond acceptors (Lipinski definition) is 13. The van der Waals surface area contributed by atoms with Crippen LogP contribution in [0.5, 0.6) is 0 Å². The van der Waals surface area contributed by atoms with Crippen molar-refractivity contribution in [1.82, 2.24) is 16.0 Å². The maximum atomic E-state index is 11.9. The molecule has 7 N–H and O–H groups in total. The van der Waals surface area contributed by atoms with E-state index < -0.39 is 59.5 Å². The summed E-state index contributed by atoms with van der Waals surface area (Å²) in [5, 5.41) is 42.3. The third-order valence-electron chi connectivity index (χ3n) is 5.18. The van der Waals surface area contributed by atoms with E-state index in [9.17, 15) is 43.8 Å². The Labute approximate surface area is 283 Å². The van der Waals surface area contributed by atoms with Crippen LogP contribution in [0.3, 0.4) is 0 Å². The van der Waals surface area contributed by atoms with Crippen LogP contribution in [0.2, 0.25) is 0 Å². The molecule has 0 aliphatic rings. The molecule has 0 saturated heterocycles. The molecule has 0 aromatic carbocycles. The second-order valence-electron chi connectivity index (χ2n) is 8.88. The number of aliphatic carboxylic acids is 2. The van der Waals surface area contributed by atoms with Gasteiger partial charge >= 0.3 is 59.1 Å². The van der Waals surface area contributed by atoms with Crippen molar-refractivity contribution in [2.24, 2.45) is 11.7 Å². The van der Waals surface area contributed by atoms with Crippen molar-refractivity contribution in [2.45, 2.75) is 83.0 Å². The quantitative estimate of drug-likeness (QED) is 0.0433. The smallest absolute Gasteiger partial charge is 0.548 e. The standard InChI is InChI=1S/C13H20N4O5.C11H20N2O4.2Na/c1-16-10(4-2-8(18)6-14)12(20)17-11(13(21)22)5-3-9(19)7-15;1-7(2)6-8(12)10(15)13-9(11(16)17)4-3-5-14;;/h6-7,10-11,14-16H,2-5H2,1H3,(H,17,20)(H,21,22);5,7-9H,3-4,6,12H2,1-2H3,(H,13,15)(H,16,17);;/q;;2*+1/p-2. The van der Waals surface area contributed by atoms with Gasteiger partial charge in [-0.3, -0.25) is 19.2 Å². The molecular formula is C24H38N6Na2O9. The minimum atomic E-state index is -1.53. The minimum absolute atomic E-state index is 0. The molecule has 0 spiro atoms. The Balaban J connectivity index is -0.000000328. The van der Waals surface area contributed by atoms with Crippen LogP contribution >= 0.6 is 0 Å². The van der Waals surface area contributed by atoms with E-state index in [0.717, 1.165) is 0 Å². The Hall–Kier alpha value is -1.85. The number of carbonyl (C=O) groups is 7. The zero-order valence-corrected chi connectivity index (χ0v) is 28.3. The summed E-state index contributed by atoms with van der Waals surface area (Å²) >= 11 is 0. The summed E-state index contributed by atoms with van der Waals surface area (Å²) in [5.41, 5.74) is 5.60. The number of amides is 2. The summed E-state index contributed by atoms with van der Waals surface area (Å²) in [7, 11) is 1.48. The molecule has 0 aliphatic carbocycles.